The van der Waals surface area contributed by atoms with Gasteiger partial charge in [0, 0.05) is 10.0 Å². The van der Waals surface area contributed by atoms with Crippen LogP contribution in [0.4, 0.5) is 8.78 Å². The molecule has 2 aromatic rings. The van der Waals surface area contributed by atoms with E-state index in [4.69, 9.17) is 17.3 Å². The first kappa shape index (κ1) is 14.4. The average molecular weight is 347 g/mol. The highest BCUT2D eigenvalue weighted by Gasteiger charge is 2.16. The molecule has 100 valence electrons. The molecule has 5 heteroatoms. The van der Waals surface area contributed by atoms with Gasteiger partial charge in [0.25, 0.3) is 0 Å². The topological polar surface area (TPSA) is 26.0 Å². The Morgan fingerprint density at radius 1 is 1.16 bits per heavy atom. The van der Waals surface area contributed by atoms with Crippen LogP contribution in [0.25, 0.3) is 0 Å². The molecule has 0 spiro atoms. The summed E-state index contributed by atoms with van der Waals surface area (Å²) in [6.07, 6.45) is 0. The van der Waals surface area contributed by atoms with Gasteiger partial charge in [-0.1, -0.05) is 17.7 Å². The first-order valence-electron chi connectivity index (χ1n) is 5.56. The molecule has 0 amide bonds. The Hall–Kier alpha value is -0.970. The molecule has 2 aromatic carbocycles. The molecule has 1 unspecified atom stereocenters. The van der Waals surface area contributed by atoms with E-state index in [9.17, 15) is 8.78 Å². The lowest BCUT2D eigenvalue weighted by Gasteiger charge is -2.15. The molecule has 0 aliphatic rings. The van der Waals surface area contributed by atoms with Crippen molar-refractivity contribution < 1.29 is 8.78 Å². The summed E-state index contributed by atoms with van der Waals surface area (Å²) in [5.74, 6) is -0.989. The number of hydrogen-bond acceptors (Lipinski definition) is 1. The summed E-state index contributed by atoms with van der Waals surface area (Å²) in [4.78, 5) is 0. The van der Waals surface area contributed by atoms with Crippen LogP contribution in [0.15, 0.2) is 34.8 Å². The van der Waals surface area contributed by atoms with E-state index in [2.05, 4.69) is 15.9 Å². The van der Waals surface area contributed by atoms with E-state index < -0.39 is 17.7 Å². The van der Waals surface area contributed by atoms with Crippen molar-refractivity contribution in [3.8, 4) is 0 Å². The molecule has 19 heavy (non-hydrogen) atoms. The summed E-state index contributed by atoms with van der Waals surface area (Å²) in [6, 6.07) is 6.58. The van der Waals surface area contributed by atoms with Gasteiger partial charge in [-0.25, -0.2) is 8.78 Å². The average Bonchev–Trinajstić information content (AvgIpc) is 2.36. The van der Waals surface area contributed by atoms with Crippen molar-refractivity contribution in [1.82, 2.24) is 0 Å². The van der Waals surface area contributed by atoms with Gasteiger partial charge in [-0.3, -0.25) is 0 Å². The van der Waals surface area contributed by atoms with Crippen LogP contribution >= 0.6 is 27.5 Å². The van der Waals surface area contributed by atoms with Crippen molar-refractivity contribution in [3.63, 3.8) is 0 Å². The number of halogens is 4. The summed E-state index contributed by atoms with van der Waals surface area (Å²) in [7, 11) is 0. The minimum atomic E-state index is -0.747. The van der Waals surface area contributed by atoms with Gasteiger partial charge < -0.3 is 5.73 Å². The Morgan fingerprint density at radius 2 is 1.84 bits per heavy atom. The van der Waals surface area contributed by atoms with Gasteiger partial charge in [-0.15, -0.1) is 0 Å². The highest BCUT2D eigenvalue weighted by atomic mass is 79.9. The number of hydrogen-bond donors (Lipinski definition) is 1. The van der Waals surface area contributed by atoms with Gasteiger partial charge >= 0.3 is 0 Å². The molecule has 0 bridgehead atoms. The van der Waals surface area contributed by atoms with E-state index in [1.807, 2.05) is 0 Å². The highest BCUT2D eigenvalue weighted by Crippen LogP contribution is 2.29. The second-order valence-corrected chi connectivity index (χ2v) is 5.54. The van der Waals surface area contributed by atoms with E-state index in [0.717, 1.165) is 12.1 Å². The third-order valence-corrected chi connectivity index (χ3v) is 4.13. The number of rotatable bonds is 2. The monoisotopic (exact) mass is 345 g/mol. The minimum absolute atomic E-state index is 0.123. The molecular formula is C14H11BrClF2N. The van der Waals surface area contributed by atoms with Crippen LogP contribution in [0.2, 0.25) is 5.02 Å². The molecular weight excluding hydrogens is 336 g/mol. The molecule has 0 aliphatic heterocycles. The Kier molecular flexibility index (Phi) is 4.23. The Morgan fingerprint density at radius 3 is 2.47 bits per heavy atom. The zero-order valence-electron chi connectivity index (χ0n) is 10.1. The maximum atomic E-state index is 13.9. The van der Waals surface area contributed by atoms with Crippen LogP contribution in [0.1, 0.15) is 22.7 Å². The van der Waals surface area contributed by atoms with Gasteiger partial charge in [0.1, 0.15) is 11.6 Å². The lowest BCUT2D eigenvalue weighted by molar-refractivity contribution is 0.570. The van der Waals surface area contributed by atoms with Crippen molar-refractivity contribution in [2.75, 3.05) is 0 Å². The third kappa shape index (κ3) is 2.96. The zero-order valence-corrected chi connectivity index (χ0v) is 12.4. The van der Waals surface area contributed by atoms with E-state index in [0.29, 0.717) is 15.1 Å². The van der Waals surface area contributed by atoms with Crippen LogP contribution in [0.5, 0.6) is 0 Å². The van der Waals surface area contributed by atoms with E-state index in [1.165, 1.54) is 6.92 Å². The fraction of sp³-hybridized carbons (Fsp3) is 0.143. The molecule has 0 aliphatic carbocycles. The van der Waals surface area contributed by atoms with Crippen LogP contribution in [-0.4, -0.2) is 0 Å². The fourth-order valence-corrected chi connectivity index (χ4v) is 2.30. The SMILES string of the molecule is Cc1cc(F)c(C(N)c2ccc(Cl)c(Br)c2)cc1F. The van der Waals surface area contributed by atoms with Crippen LogP contribution in [0.3, 0.4) is 0 Å². The molecule has 1 atom stereocenters. The van der Waals surface area contributed by atoms with Crippen molar-refractivity contribution in [2.45, 2.75) is 13.0 Å². The van der Waals surface area contributed by atoms with Crippen molar-refractivity contribution in [2.24, 2.45) is 5.73 Å². The summed E-state index contributed by atoms with van der Waals surface area (Å²) in [5.41, 5.74) is 7.01. The molecule has 2 N–H and O–H groups in total. The zero-order chi connectivity index (χ0) is 14.2. The summed E-state index contributed by atoms with van der Waals surface area (Å²) in [5, 5.41) is 0.534. The van der Waals surface area contributed by atoms with Gasteiger partial charge in [-0.05, 0) is 58.2 Å². The molecule has 0 radical (unpaired) electrons. The third-order valence-electron chi connectivity index (χ3n) is 2.92. The van der Waals surface area contributed by atoms with Gasteiger partial charge in [0.05, 0.1) is 11.1 Å². The normalized spacial score (nSPS) is 12.5. The maximum Gasteiger partial charge on any atom is 0.128 e. The minimum Gasteiger partial charge on any atom is -0.320 e. The smallest absolute Gasteiger partial charge is 0.128 e. The second kappa shape index (κ2) is 5.57. The highest BCUT2D eigenvalue weighted by molar-refractivity contribution is 9.10. The van der Waals surface area contributed by atoms with Gasteiger partial charge in [0.15, 0.2) is 0 Å². The molecule has 2 rings (SSSR count). The van der Waals surface area contributed by atoms with Gasteiger partial charge in [-0.2, -0.15) is 0 Å². The predicted octanol–water partition coefficient (Wildman–Crippen LogP) is 4.74. The first-order valence-corrected chi connectivity index (χ1v) is 6.73. The molecule has 0 heterocycles. The Labute approximate surface area is 123 Å². The molecule has 0 aromatic heterocycles. The van der Waals surface area contributed by atoms with Crippen LogP contribution in [-0.2, 0) is 0 Å². The predicted molar refractivity (Wildman–Crippen MR) is 76.3 cm³/mol. The largest absolute Gasteiger partial charge is 0.320 e. The Bertz CT molecular complexity index is 631. The van der Waals surface area contributed by atoms with Crippen molar-refractivity contribution >= 4 is 27.5 Å². The fourth-order valence-electron chi connectivity index (χ4n) is 1.79. The van der Waals surface area contributed by atoms with Gasteiger partial charge in [0.2, 0.25) is 0 Å². The lowest BCUT2D eigenvalue weighted by atomic mass is 9.98. The van der Waals surface area contributed by atoms with E-state index in [1.54, 1.807) is 18.2 Å². The maximum absolute atomic E-state index is 13.9. The number of aryl methyl sites for hydroxylation is 1. The van der Waals surface area contributed by atoms with Crippen molar-refractivity contribution in [3.05, 3.63) is 68.2 Å². The summed E-state index contributed by atoms with van der Waals surface area (Å²) in [6.45, 7) is 1.51. The summed E-state index contributed by atoms with van der Waals surface area (Å²) < 4.78 is 28.1. The standard InChI is InChI=1S/C14H11BrClF2N/c1-7-4-13(18)9(6-12(7)17)14(19)8-2-3-11(16)10(15)5-8/h2-6,14H,19H2,1H3. The molecule has 0 saturated heterocycles. The van der Waals surface area contributed by atoms with E-state index in [-0.39, 0.29) is 11.1 Å². The van der Waals surface area contributed by atoms with Crippen molar-refractivity contribution in [1.29, 1.82) is 0 Å². The first-order chi connectivity index (χ1) is 8.90. The van der Waals surface area contributed by atoms with E-state index >= 15 is 0 Å². The molecule has 0 saturated carbocycles. The number of nitrogens with two attached hydrogens (primary N) is 1. The summed E-state index contributed by atoms with van der Waals surface area (Å²) >= 11 is 9.16. The molecule has 1 nitrogen and oxygen atoms in total. The Balaban J connectivity index is 2.46. The second-order valence-electron chi connectivity index (χ2n) is 4.27. The number of benzene rings is 2. The van der Waals surface area contributed by atoms with Crippen LogP contribution < -0.4 is 5.73 Å². The quantitative estimate of drug-likeness (QED) is 0.835. The lowest BCUT2D eigenvalue weighted by Crippen LogP contribution is -2.14. The molecule has 0 fully saturated rings. The van der Waals surface area contributed by atoms with Crippen LogP contribution in [0, 0.1) is 18.6 Å².